The molecule has 1 aliphatic rings. The van der Waals surface area contributed by atoms with Crippen molar-refractivity contribution in [1.82, 2.24) is 5.32 Å². The number of carbonyl (C=O) groups is 1. The van der Waals surface area contributed by atoms with Crippen molar-refractivity contribution in [3.8, 4) is 23.3 Å². The van der Waals surface area contributed by atoms with E-state index in [-0.39, 0.29) is 22.3 Å². The van der Waals surface area contributed by atoms with Gasteiger partial charge in [0.25, 0.3) is 5.24 Å². The second-order valence-corrected chi connectivity index (χ2v) is 7.11. The third-order valence-electron chi connectivity index (χ3n) is 3.76. The van der Waals surface area contributed by atoms with Crippen molar-refractivity contribution >= 4 is 40.3 Å². The van der Waals surface area contributed by atoms with Gasteiger partial charge in [0.15, 0.2) is 11.5 Å². The number of methoxy groups -OCH3 is 1. The third-order valence-corrected chi connectivity index (χ3v) is 5.04. The molecule has 1 N–H and O–H groups in total. The van der Waals surface area contributed by atoms with Crippen LogP contribution >= 0.6 is 24.0 Å². The van der Waals surface area contributed by atoms with E-state index in [1.54, 1.807) is 24.3 Å². The molecule has 1 amide bonds. The number of nitrogens with zero attached hydrogens (tertiary/aromatic N) is 1. The number of nitriles is 1. The van der Waals surface area contributed by atoms with Gasteiger partial charge < -0.3 is 14.8 Å². The topological polar surface area (TPSA) is 71.3 Å². The average Bonchev–Trinajstić information content (AvgIpc) is 2.99. The molecule has 1 fully saturated rings. The summed E-state index contributed by atoms with van der Waals surface area (Å²) in [5.41, 5.74) is -0.583. The molecule has 0 bridgehead atoms. The predicted octanol–water partition coefficient (Wildman–Crippen LogP) is 5.50. The second-order valence-electron chi connectivity index (χ2n) is 5.69. The van der Waals surface area contributed by atoms with E-state index < -0.39 is 17.5 Å². The molecule has 0 unspecified atom stereocenters. The Kier molecular flexibility index (Phi) is 5.81. The summed E-state index contributed by atoms with van der Waals surface area (Å²) in [4.78, 5) is 12.2. The van der Waals surface area contributed by atoms with Crippen molar-refractivity contribution < 1.29 is 27.4 Å². The normalized spacial score (nSPS) is 15.2. The molecule has 3 rings (SSSR count). The van der Waals surface area contributed by atoms with Gasteiger partial charge in [0, 0.05) is 0 Å². The molecule has 2 aromatic carbocycles. The predicted molar refractivity (Wildman–Crippen MR) is 106 cm³/mol. The number of thioether (sulfide) groups is 1. The van der Waals surface area contributed by atoms with Crippen LogP contribution in [0, 0.1) is 11.3 Å². The summed E-state index contributed by atoms with van der Waals surface area (Å²) in [5, 5.41) is 11.1. The fourth-order valence-corrected chi connectivity index (χ4v) is 3.49. The Labute approximate surface area is 173 Å². The molecule has 1 aliphatic heterocycles. The maximum atomic E-state index is 13.3. The zero-order valence-corrected chi connectivity index (χ0v) is 16.3. The molecule has 0 radical (unpaired) electrons. The van der Waals surface area contributed by atoms with Crippen molar-refractivity contribution in [3.63, 3.8) is 0 Å². The van der Waals surface area contributed by atoms with Crippen molar-refractivity contribution in [1.29, 1.82) is 5.26 Å². The Balaban J connectivity index is 1.95. The number of thiocarbonyl (C=S) groups is 1. The van der Waals surface area contributed by atoms with Crippen LogP contribution in [0.2, 0.25) is 0 Å². The highest BCUT2D eigenvalue weighted by atomic mass is 32.2. The highest BCUT2D eigenvalue weighted by Crippen LogP contribution is 2.41. The van der Waals surface area contributed by atoms with E-state index in [4.69, 9.17) is 27.0 Å². The Morgan fingerprint density at radius 3 is 2.48 bits per heavy atom. The summed E-state index contributed by atoms with van der Waals surface area (Å²) < 4.78 is 50.7. The first-order valence-electron chi connectivity index (χ1n) is 7.93. The number of amides is 1. The van der Waals surface area contributed by atoms with Gasteiger partial charge in [0.2, 0.25) is 0 Å². The van der Waals surface area contributed by atoms with Crippen LogP contribution in [0.4, 0.5) is 18.0 Å². The summed E-state index contributed by atoms with van der Waals surface area (Å²) in [6.07, 6.45) is -3.05. The van der Waals surface area contributed by atoms with E-state index in [2.05, 4.69) is 5.32 Å². The largest absolute Gasteiger partial charge is 0.493 e. The van der Waals surface area contributed by atoms with Crippen LogP contribution in [-0.2, 0) is 6.18 Å². The highest BCUT2D eigenvalue weighted by Gasteiger charge is 2.35. The second kappa shape index (κ2) is 8.14. The van der Waals surface area contributed by atoms with Gasteiger partial charge in [0.05, 0.1) is 29.2 Å². The molecule has 2 aromatic rings. The maximum absolute atomic E-state index is 13.3. The number of nitrogens with one attached hydrogen (secondary N) is 1. The molecular formula is C19H11F3N2O3S2. The average molecular weight is 436 g/mol. The summed E-state index contributed by atoms with van der Waals surface area (Å²) in [6.45, 7) is 0. The van der Waals surface area contributed by atoms with E-state index in [0.29, 0.717) is 15.5 Å². The molecular weight excluding hydrogens is 425 g/mol. The molecule has 0 aliphatic carbocycles. The third kappa shape index (κ3) is 4.70. The number of hydrogen-bond acceptors (Lipinski definition) is 6. The van der Waals surface area contributed by atoms with Crippen LogP contribution in [0.25, 0.3) is 6.08 Å². The highest BCUT2D eigenvalue weighted by molar-refractivity contribution is 8.19. The minimum atomic E-state index is -4.70. The van der Waals surface area contributed by atoms with Crippen LogP contribution in [0.3, 0.4) is 0 Å². The van der Waals surface area contributed by atoms with Gasteiger partial charge in [-0.05, 0) is 53.7 Å². The van der Waals surface area contributed by atoms with Gasteiger partial charge in [-0.25, -0.2) is 0 Å². The number of alkyl halides is 3. The molecule has 148 valence electrons. The molecule has 0 atom stereocenters. The number of hydrogen-bond donors (Lipinski definition) is 1. The number of carbonyl (C=O) groups excluding carboxylic acids is 1. The number of ether oxygens (including phenoxy) is 2. The summed E-state index contributed by atoms with van der Waals surface area (Å²) in [6, 6.07) is 9.30. The lowest BCUT2D eigenvalue weighted by molar-refractivity contribution is -0.138. The monoisotopic (exact) mass is 436 g/mol. The lowest BCUT2D eigenvalue weighted by Gasteiger charge is -2.16. The van der Waals surface area contributed by atoms with Gasteiger partial charge in [-0.1, -0.05) is 18.3 Å². The van der Waals surface area contributed by atoms with Gasteiger partial charge >= 0.3 is 6.18 Å². The fourth-order valence-electron chi connectivity index (χ4n) is 2.46. The summed E-state index contributed by atoms with van der Waals surface area (Å²) in [7, 11) is 1.35. The van der Waals surface area contributed by atoms with Crippen LogP contribution < -0.4 is 14.8 Å². The number of halogens is 3. The Morgan fingerprint density at radius 2 is 1.90 bits per heavy atom. The summed E-state index contributed by atoms with van der Waals surface area (Å²) in [5.74, 6) is -0.214. The Morgan fingerprint density at radius 1 is 1.17 bits per heavy atom. The lowest BCUT2D eigenvalue weighted by atomic mass is 10.1. The van der Waals surface area contributed by atoms with Gasteiger partial charge in [-0.15, -0.1) is 0 Å². The van der Waals surface area contributed by atoms with Gasteiger partial charge in [-0.2, -0.15) is 18.4 Å². The van der Waals surface area contributed by atoms with E-state index in [9.17, 15) is 18.0 Å². The molecule has 0 spiro atoms. The SMILES string of the molecule is COc1cc(/C=C2\SC(=O)NC2=S)ccc1Oc1ccc(C#N)cc1C(F)(F)F. The zero-order valence-electron chi connectivity index (χ0n) is 14.7. The number of rotatable bonds is 4. The van der Waals surface area contributed by atoms with Crippen molar-refractivity contribution in [3.05, 3.63) is 58.0 Å². The minimum Gasteiger partial charge on any atom is -0.493 e. The minimum absolute atomic E-state index is 0.0562. The Hall–Kier alpha value is -3.03. The van der Waals surface area contributed by atoms with Crippen molar-refractivity contribution in [2.75, 3.05) is 7.11 Å². The molecule has 1 heterocycles. The quantitative estimate of drug-likeness (QED) is 0.504. The van der Waals surface area contributed by atoms with E-state index >= 15 is 0 Å². The van der Waals surface area contributed by atoms with E-state index in [1.165, 1.54) is 19.2 Å². The smallest absolute Gasteiger partial charge is 0.420 e. The molecule has 1 saturated heterocycles. The first-order valence-corrected chi connectivity index (χ1v) is 9.16. The van der Waals surface area contributed by atoms with Crippen LogP contribution in [0.5, 0.6) is 17.2 Å². The van der Waals surface area contributed by atoms with Gasteiger partial charge in [-0.3, -0.25) is 4.79 Å². The first-order chi connectivity index (χ1) is 13.7. The van der Waals surface area contributed by atoms with Crippen LogP contribution in [0.15, 0.2) is 41.3 Å². The maximum Gasteiger partial charge on any atom is 0.420 e. The van der Waals surface area contributed by atoms with Crippen LogP contribution in [0.1, 0.15) is 16.7 Å². The molecule has 5 nitrogen and oxygen atoms in total. The lowest BCUT2D eigenvalue weighted by Crippen LogP contribution is -2.15. The summed E-state index contributed by atoms with van der Waals surface area (Å²) >= 11 is 6.00. The first kappa shape index (κ1) is 20.7. The van der Waals surface area contributed by atoms with Crippen LogP contribution in [-0.4, -0.2) is 17.3 Å². The van der Waals surface area contributed by atoms with Crippen molar-refractivity contribution in [2.24, 2.45) is 0 Å². The molecule has 10 heteroatoms. The van der Waals surface area contributed by atoms with Crippen molar-refractivity contribution in [2.45, 2.75) is 6.18 Å². The number of benzene rings is 2. The fraction of sp³-hybridized carbons (Fsp3) is 0.105. The van der Waals surface area contributed by atoms with Gasteiger partial charge in [0.1, 0.15) is 10.7 Å². The Bertz CT molecular complexity index is 1080. The molecule has 0 aromatic heterocycles. The molecule has 0 saturated carbocycles. The van der Waals surface area contributed by atoms with E-state index in [1.807, 2.05) is 0 Å². The molecule has 29 heavy (non-hydrogen) atoms. The zero-order chi connectivity index (χ0) is 21.2. The standard InChI is InChI=1S/C19H11F3N2O3S2/c1-26-15-7-10(8-16-17(28)24-18(25)29-16)2-5-14(15)27-13-4-3-11(9-23)6-12(13)19(20,21)22/h2-8H,1H3,(H,24,25,28)/b16-8-. The van der Waals surface area contributed by atoms with E-state index in [0.717, 1.165) is 23.9 Å².